The first-order valence-electron chi connectivity index (χ1n) is 5.02. The van der Waals surface area contributed by atoms with Gasteiger partial charge in [-0.15, -0.1) is 12.6 Å². The molecule has 3 heteroatoms. The van der Waals surface area contributed by atoms with Crippen LogP contribution in [0.2, 0.25) is 0 Å². The third kappa shape index (κ3) is 3.59. The summed E-state index contributed by atoms with van der Waals surface area (Å²) in [6.45, 7) is 3.79. The van der Waals surface area contributed by atoms with Crippen molar-refractivity contribution in [2.75, 3.05) is 0 Å². The Morgan fingerprint density at radius 3 is 2.33 bits per heavy atom. The topological polar surface area (TPSA) is 37.3 Å². The summed E-state index contributed by atoms with van der Waals surface area (Å²) in [4.78, 5) is 11.6. The minimum atomic E-state index is -0.729. The van der Waals surface area contributed by atoms with Crippen molar-refractivity contribution in [3.63, 3.8) is 0 Å². The van der Waals surface area contributed by atoms with Crippen LogP contribution in [0.25, 0.3) is 0 Å². The summed E-state index contributed by atoms with van der Waals surface area (Å²) in [6, 6.07) is 7.86. The molecule has 0 radical (unpaired) electrons. The van der Waals surface area contributed by atoms with Crippen LogP contribution in [-0.2, 0) is 4.79 Å². The van der Waals surface area contributed by atoms with E-state index in [9.17, 15) is 4.79 Å². The van der Waals surface area contributed by atoms with Crippen molar-refractivity contribution in [1.82, 2.24) is 0 Å². The Hall–Kier alpha value is -0.960. The lowest BCUT2D eigenvalue weighted by atomic mass is 9.91. The molecule has 2 nitrogen and oxygen atoms in total. The molecule has 1 rings (SSSR count). The largest absolute Gasteiger partial charge is 0.481 e. The molecule has 0 aliphatic rings. The van der Waals surface area contributed by atoms with Crippen LogP contribution in [0.1, 0.15) is 31.7 Å². The Morgan fingerprint density at radius 2 is 1.87 bits per heavy atom. The molecule has 1 aromatic carbocycles. The number of hydrogen-bond donors (Lipinski definition) is 2. The van der Waals surface area contributed by atoms with E-state index in [2.05, 4.69) is 12.6 Å². The van der Waals surface area contributed by atoms with Crippen molar-refractivity contribution in [3.05, 3.63) is 29.8 Å². The van der Waals surface area contributed by atoms with Crippen LogP contribution in [0.3, 0.4) is 0 Å². The van der Waals surface area contributed by atoms with E-state index in [1.165, 1.54) is 5.56 Å². The van der Waals surface area contributed by atoms with Gasteiger partial charge in [-0.05, 0) is 30.0 Å². The predicted molar refractivity (Wildman–Crippen MR) is 63.5 cm³/mol. The maximum absolute atomic E-state index is 10.7. The second-order valence-corrected chi connectivity index (χ2v) is 4.48. The Bertz CT molecular complexity index is 332. The maximum atomic E-state index is 10.7. The molecule has 0 saturated heterocycles. The molecule has 15 heavy (non-hydrogen) atoms. The van der Waals surface area contributed by atoms with Crippen molar-refractivity contribution >= 4 is 18.6 Å². The molecular formula is C12H16O2S. The second kappa shape index (κ2) is 5.21. The van der Waals surface area contributed by atoms with Crippen LogP contribution in [0, 0.1) is 5.92 Å². The van der Waals surface area contributed by atoms with E-state index >= 15 is 0 Å². The van der Waals surface area contributed by atoms with Gasteiger partial charge in [0.05, 0.1) is 5.92 Å². The normalized spacial score (nSPS) is 14.6. The number of carboxylic acid groups (broad SMARTS) is 1. The van der Waals surface area contributed by atoms with Crippen molar-refractivity contribution < 1.29 is 9.90 Å². The average molecular weight is 224 g/mol. The van der Waals surface area contributed by atoms with Crippen molar-refractivity contribution in [2.45, 2.75) is 31.1 Å². The van der Waals surface area contributed by atoms with E-state index in [1.807, 2.05) is 31.2 Å². The van der Waals surface area contributed by atoms with Crippen molar-refractivity contribution in [2.24, 2.45) is 5.92 Å². The van der Waals surface area contributed by atoms with Gasteiger partial charge in [0.15, 0.2) is 0 Å². The van der Waals surface area contributed by atoms with Gasteiger partial charge in [0, 0.05) is 4.90 Å². The fourth-order valence-corrected chi connectivity index (χ4v) is 1.72. The lowest BCUT2D eigenvalue weighted by molar-refractivity contribution is -0.141. The first-order chi connectivity index (χ1) is 7.00. The number of aliphatic carboxylic acids is 1. The molecule has 0 saturated carbocycles. The Morgan fingerprint density at radius 1 is 1.33 bits per heavy atom. The Labute approximate surface area is 95.7 Å². The van der Waals surface area contributed by atoms with Crippen molar-refractivity contribution in [3.8, 4) is 0 Å². The molecule has 0 bridgehead atoms. The number of carboxylic acids is 1. The van der Waals surface area contributed by atoms with E-state index in [0.717, 1.165) is 4.90 Å². The molecule has 0 aromatic heterocycles. The van der Waals surface area contributed by atoms with E-state index < -0.39 is 5.97 Å². The van der Waals surface area contributed by atoms with Crippen LogP contribution in [0.15, 0.2) is 29.2 Å². The van der Waals surface area contributed by atoms with Crippen LogP contribution in [-0.4, -0.2) is 11.1 Å². The SMILES string of the molecule is CC(CC(C)c1ccc(S)cc1)C(=O)O. The highest BCUT2D eigenvalue weighted by atomic mass is 32.1. The smallest absolute Gasteiger partial charge is 0.306 e. The summed E-state index contributed by atoms with van der Waals surface area (Å²) in [7, 11) is 0. The zero-order valence-corrected chi connectivity index (χ0v) is 9.87. The summed E-state index contributed by atoms with van der Waals surface area (Å²) in [5, 5.41) is 8.81. The summed E-state index contributed by atoms with van der Waals surface area (Å²) in [5.74, 6) is -0.756. The summed E-state index contributed by atoms with van der Waals surface area (Å²) >= 11 is 4.21. The molecule has 1 N–H and O–H groups in total. The maximum Gasteiger partial charge on any atom is 0.306 e. The van der Waals surface area contributed by atoms with E-state index in [4.69, 9.17) is 5.11 Å². The van der Waals surface area contributed by atoms with Crippen LogP contribution < -0.4 is 0 Å². The molecule has 2 unspecified atom stereocenters. The Balaban J connectivity index is 2.64. The third-order valence-electron chi connectivity index (χ3n) is 2.59. The number of rotatable bonds is 4. The highest BCUT2D eigenvalue weighted by Crippen LogP contribution is 2.24. The van der Waals surface area contributed by atoms with Gasteiger partial charge in [-0.3, -0.25) is 4.79 Å². The zero-order valence-electron chi connectivity index (χ0n) is 8.97. The van der Waals surface area contributed by atoms with Gasteiger partial charge in [0.25, 0.3) is 0 Å². The minimum Gasteiger partial charge on any atom is -0.481 e. The average Bonchev–Trinajstić information content (AvgIpc) is 2.18. The standard InChI is InChI=1S/C12H16O2S/c1-8(7-9(2)12(13)14)10-3-5-11(15)6-4-10/h3-6,8-9,15H,7H2,1-2H3,(H,13,14). The molecule has 2 atom stereocenters. The number of thiol groups is 1. The molecular weight excluding hydrogens is 208 g/mol. The predicted octanol–water partition coefficient (Wildman–Crippen LogP) is 3.19. The van der Waals surface area contributed by atoms with Gasteiger partial charge in [-0.25, -0.2) is 0 Å². The summed E-state index contributed by atoms with van der Waals surface area (Å²) < 4.78 is 0. The van der Waals surface area contributed by atoms with Crippen molar-refractivity contribution in [1.29, 1.82) is 0 Å². The molecule has 0 aliphatic heterocycles. The summed E-state index contributed by atoms with van der Waals surface area (Å²) in [6.07, 6.45) is 0.668. The molecule has 0 amide bonds. The monoisotopic (exact) mass is 224 g/mol. The zero-order chi connectivity index (χ0) is 11.4. The molecule has 0 aliphatic carbocycles. The first kappa shape index (κ1) is 12.1. The van der Waals surface area contributed by atoms with Crippen LogP contribution in [0.4, 0.5) is 0 Å². The second-order valence-electron chi connectivity index (χ2n) is 3.97. The van der Waals surface area contributed by atoms with Gasteiger partial charge >= 0.3 is 5.97 Å². The van der Waals surface area contributed by atoms with Gasteiger partial charge in [-0.2, -0.15) is 0 Å². The van der Waals surface area contributed by atoms with Crippen LogP contribution in [0.5, 0.6) is 0 Å². The van der Waals surface area contributed by atoms with Crippen LogP contribution >= 0.6 is 12.6 Å². The van der Waals surface area contributed by atoms with Gasteiger partial charge in [-0.1, -0.05) is 26.0 Å². The fourth-order valence-electron chi connectivity index (χ4n) is 1.57. The first-order valence-corrected chi connectivity index (χ1v) is 5.47. The van der Waals surface area contributed by atoms with E-state index in [1.54, 1.807) is 6.92 Å². The molecule has 0 heterocycles. The number of hydrogen-bond acceptors (Lipinski definition) is 2. The number of benzene rings is 1. The fraction of sp³-hybridized carbons (Fsp3) is 0.417. The highest BCUT2D eigenvalue weighted by molar-refractivity contribution is 7.80. The molecule has 0 spiro atoms. The quantitative estimate of drug-likeness (QED) is 0.771. The minimum absolute atomic E-state index is 0.269. The number of carbonyl (C=O) groups is 1. The molecule has 0 fully saturated rings. The highest BCUT2D eigenvalue weighted by Gasteiger charge is 2.15. The van der Waals surface area contributed by atoms with Gasteiger partial charge in [0.2, 0.25) is 0 Å². The lowest BCUT2D eigenvalue weighted by Crippen LogP contribution is -2.12. The van der Waals surface area contributed by atoms with Gasteiger partial charge < -0.3 is 5.11 Å². The summed E-state index contributed by atoms with van der Waals surface area (Å²) in [5.41, 5.74) is 1.17. The molecule has 1 aromatic rings. The molecule has 82 valence electrons. The van der Waals surface area contributed by atoms with Gasteiger partial charge in [0.1, 0.15) is 0 Å². The lowest BCUT2D eigenvalue weighted by Gasteiger charge is -2.14. The van der Waals surface area contributed by atoms with E-state index in [-0.39, 0.29) is 11.8 Å². The third-order valence-corrected chi connectivity index (χ3v) is 2.89. The van der Waals surface area contributed by atoms with E-state index in [0.29, 0.717) is 6.42 Å². The Kier molecular flexibility index (Phi) is 4.21.